The first-order valence-electron chi connectivity index (χ1n) is 8.04. The molecule has 2 atom stereocenters. The fraction of sp³-hybridized carbons (Fsp3) is 0.278. The van der Waals surface area contributed by atoms with Gasteiger partial charge in [-0.3, -0.25) is 4.90 Å². The minimum Gasteiger partial charge on any atom is -0.314 e. The van der Waals surface area contributed by atoms with Gasteiger partial charge in [-0.1, -0.05) is 41.9 Å². The Labute approximate surface area is 151 Å². The Morgan fingerprint density at radius 1 is 0.960 bits per heavy atom. The van der Waals surface area contributed by atoms with Crippen molar-refractivity contribution in [1.29, 1.82) is 0 Å². The van der Waals surface area contributed by atoms with Crippen molar-refractivity contribution < 1.29 is 13.2 Å². The third kappa shape index (κ3) is 3.00. The van der Waals surface area contributed by atoms with Crippen molar-refractivity contribution in [2.24, 2.45) is 0 Å². The van der Waals surface area contributed by atoms with Gasteiger partial charge in [0.1, 0.15) is 0 Å². The molecule has 0 N–H and O–H groups in total. The van der Waals surface area contributed by atoms with Crippen LogP contribution in [-0.4, -0.2) is 42.9 Å². The van der Waals surface area contributed by atoms with Crippen LogP contribution in [0.3, 0.4) is 0 Å². The van der Waals surface area contributed by atoms with Crippen molar-refractivity contribution in [3.05, 3.63) is 65.2 Å². The van der Waals surface area contributed by atoms with E-state index in [2.05, 4.69) is 0 Å². The van der Waals surface area contributed by atoms with E-state index in [9.17, 15) is 13.2 Å². The fourth-order valence-electron chi connectivity index (χ4n) is 3.64. The monoisotopic (exact) mass is 376 g/mol. The van der Waals surface area contributed by atoms with Crippen molar-refractivity contribution >= 4 is 33.2 Å². The van der Waals surface area contributed by atoms with Crippen molar-refractivity contribution in [1.82, 2.24) is 4.90 Å². The van der Waals surface area contributed by atoms with E-state index >= 15 is 0 Å². The molecule has 7 heteroatoms. The molecular formula is C18H17ClN2O3S. The normalized spacial score (nSPS) is 24.6. The summed E-state index contributed by atoms with van der Waals surface area (Å²) in [6.45, 7) is 0.371. The van der Waals surface area contributed by atoms with Gasteiger partial charge in [0.15, 0.2) is 9.84 Å². The molecule has 2 fully saturated rings. The number of carbonyl (C=O) groups is 1. The van der Waals surface area contributed by atoms with E-state index in [1.807, 2.05) is 42.5 Å². The average molecular weight is 377 g/mol. The lowest BCUT2D eigenvalue weighted by molar-refractivity contribution is 0.206. The third-order valence-corrected chi connectivity index (χ3v) is 6.73. The van der Waals surface area contributed by atoms with Crippen LogP contribution in [0.2, 0.25) is 5.02 Å². The van der Waals surface area contributed by atoms with Crippen LogP contribution >= 0.6 is 11.6 Å². The average Bonchev–Trinajstić information content (AvgIpc) is 3.01. The van der Waals surface area contributed by atoms with E-state index in [-0.39, 0.29) is 29.6 Å². The van der Waals surface area contributed by atoms with Crippen LogP contribution < -0.4 is 4.90 Å². The molecule has 2 aliphatic rings. The second-order valence-electron chi connectivity index (χ2n) is 6.45. The number of hydrogen-bond acceptors (Lipinski definition) is 3. The molecule has 0 aromatic heterocycles. The number of carbonyl (C=O) groups excluding carboxylic acids is 1. The van der Waals surface area contributed by atoms with Gasteiger partial charge in [-0.15, -0.1) is 0 Å². The summed E-state index contributed by atoms with van der Waals surface area (Å²) in [6, 6.07) is 15.7. The maximum absolute atomic E-state index is 13.0. The van der Waals surface area contributed by atoms with Gasteiger partial charge in [0.25, 0.3) is 0 Å². The van der Waals surface area contributed by atoms with Crippen molar-refractivity contribution in [3.63, 3.8) is 0 Å². The molecule has 2 aromatic rings. The maximum atomic E-state index is 13.0. The Bertz CT molecular complexity index is 900. The molecule has 0 aliphatic carbocycles. The zero-order chi connectivity index (χ0) is 17.6. The number of rotatable bonds is 3. The van der Waals surface area contributed by atoms with Gasteiger partial charge in [0.2, 0.25) is 0 Å². The van der Waals surface area contributed by atoms with Crippen molar-refractivity contribution in [2.45, 2.75) is 18.6 Å². The second-order valence-corrected chi connectivity index (χ2v) is 9.04. The van der Waals surface area contributed by atoms with Crippen LogP contribution in [0.1, 0.15) is 5.56 Å². The zero-order valence-electron chi connectivity index (χ0n) is 13.4. The van der Waals surface area contributed by atoms with Gasteiger partial charge >= 0.3 is 6.03 Å². The molecule has 130 valence electrons. The standard InChI is InChI=1S/C18H17ClN2O3S/c19-14-8-6-13(7-9-14)10-20-16-11-25(23,24)12-17(16)21(18(20)22)15-4-2-1-3-5-15/h1-9,16-17H,10-12H2/t16-,17+/m1/s1. The molecule has 5 nitrogen and oxygen atoms in total. The number of fused-ring (bicyclic) bond motifs is 1. The first-order valence-corrected chi connectivity index (χ1v) is 10.2. The number of sulfone groups is 1. The van der Waals surface area contributed by atoms with Crippen LogP contribution in [0.4, 0.5) is 10.5 Å². The van der Waals surface area contributed by atoms with Crippen molar-refractivity contribution in [2.75, 3.05) is 16.4 Å². The number of hydrogen-bond donors (Lipinski definition) is 0. The van der Waals surface area contributed by atoms with Gasteiger partial charge in [0, 0.05) is 17.3 Å². The summed E-state index contributed by atoms with van der Waals surface area (Å²) in [5.74, 6) is 0.0236. The number of halogens is 1. The van der Waals surface area contributed by atoms with Gasteiger partial charge < -0.3 is 4.90 Å². The SMILES string of the molecule is O=C1N(Cc2ccc(Cl)cc2)[C@@H]2CS(=O)(=O)C[C@@H]2N1c1ccccc1. The third-order valence-electron chi connectivity index (χ3n) is 4.78. The Morgan fingerprint density at radius 2 is 1.60 bits per heavy atom. The lowest BCUT2D eigenvalue weighted by Crippen LogP contribution is -2.37. The van der Waals surface area contributed by atoms with Crippen LogP contribution in [0, 0.1) is 0 Å². The first-order chi connectivity index (χ1) is 11.9. The highest BCUT2D eigenvalue weighted by Crippen LogP contribution is 2.35. The van der Waals surface area contributed by atoms with Gasteiger partial charge in [-0.05, 0) is 29.8 Å². The molecule has 0 saturated carbocycles. The van der Waals surface area contributed by atoms with Gasteiger partial charge in [-0.25, -0.2) is 13.2 Å². The number of benzene rings is 2. The Hall–Kier alpha value is -2.05. The number of anilines is 1. The largest absolute Gasteiger partial charge is 0.325 e. The molecule has 2 aliphatic heterocycles. The molecular weight excluding hydrogens is 360 g/mol. The minimum atomic E-state index is -3.16. The Kier molecular flexibility index (Phi) is 3.96. The first kappa shape index (κ1) is 16.4. The quantitative estimate of drug-likeness (QED) is 0.774. The summed E-state index contributed by atoms with van der Waals surface area (Å²) in [5.41, 5.74) is 1.66. The van der Waals surface area contributed by atoms with Gasteiger partial charge in [-0.2, -0.15) is 0 Å². The summed E-state index contributed by atoms with van der Waals surface area (Å²) in [5, 5.41) is 0.628. The molecule has 0 unspecified atom stereocenters. The predicted octanol–water partition coefficient (Wildman–Crippen LogP) is 2.95. The van der Waals surface area contributed by atoms with E-state index in [0.717, 1.165) is 11.3 Å². The fourth-order valence-corrected chi connectivity index (χ4v) is 5.71. The minimum absolute atomic E-state index is 0.00934. The van der Waals surface area contributed by atoms with Crippen molar-refractivity contribution in [3.8, 4) is 0 Å². The van der Waals surface area contributed by atoms with Crippen LogP contribution in [0.15, 0.2) is 54.6 Å². The predicted molar refractivity (Wildman–Crippen MR) is 97.5 cm³/mol. The smallest absolute Gasteiger partial charge is 0.314 e. The van der Waals surface area contributed by atoms with Crippen LogP contribution in [0.5, 0.6) is 0 Å². The van der Waals surface area contributed by atoms with E-state index in [1.165, 1.54) is 0 Å². The maximum Gasteiger partial charge on any atom is 0.325 e. The molecule has 2 aromatic carbocycles. The highest BCUT2D eigenvalue weighted by Gasteiger charge is 2.53. The Morgan fingerprint density at radius 3 is 2.28 bits per heavy atom. The number of urea groups is 1. The molecule has 4 rings (SSSR count). The van der Waals surface area contributed by atoms with E-state index in [1.54, 1.807) is 21.9 Å². The summed E-state index contributed by atoms with van der Waals surface area (Å²) in [4.78, 5) is 16.3. The van der Waals surface area contributed by atoms with E-state index < -0.39 is 9.84 Å². The summed E-state index contributed by atoms with van der Waals surface area (Å²) < 4.78 is 24.4. The zero-order valence-corrected chi connectivity index (χ0v) is 14.9. The topological polar surface area (TPSA) is 57.7 Å². The van der Waals surface area contributed by atoms with E-state index in [0.29, 0.717) is 11.6 Å². The molecule has 2 heterocycles. The molecule has 0 spiro atoms. The molecule has 2 saturated heterocycles. The molecule has 0 bridgehead atoms. The van der Waals surface area contributed by atoms with E-state index in [4.69, 9.17) is 11.6 Å². The Balaban J connectivity index is 1.69. The lowest BCUT2D eigenvalue weighted by Gasteiger charge is -2.22. The summed E-state index contributed by atoms with van der Waals surface area (Å²) >= 11 is 5.92. The lowest BCUT2D eigenvalue weighted by atomic mass is 10.1. The van der Waals surface area contributed by atoms with Gasteiger partial charge in [0.05, 0.1) is 23.6 Å². The molecule has 2 amide bonds. The summed E-state index contributed by atoms with van der Waals surface area (Å²) in [7, 11) is -3.16. The number of nitrogens with zero attached hydrogens (tertiary/aromatic N) is 2. The highest BCUT2D eigenvalue weighted by atomic mass is 35.5. The number of para-hydroxylation sites is 1. The molecule has 25 heavy (non-hydrogen) atoms. The molecule has 0 radical (unpaired) electrons. The van der Waals surface area contributed by atoms with Crippen LogP contribution in [0.25, 0.3) is 0 Å². The second kappa shape index (κ2) is 6.04. The summed E-state index contributed by atoms with van der Waals surface area (Å²) in [6.07, 6.45) is 0. The number of amides is 2. The van der Waals surface area contributed by atoms with Crippen LogP contribution in [-0.2, 0) is 16.4 Å². The highest BCUT2D eigenvalue weighted by molar-refractivity contribution is 7.91.